The zero-order valence-electron chi connectivity index (χ0n) is 28.7. The van der Waals surface area contributed by atoms with E-state index >= 15 is 0 Å². The van der Waals surface area contributed by atoms with Crippen molar-refractivity contribution in [3.8, 4) is 0 Å². The maximum atomic E-state index is 14.1. The average Bonchev–Trinajstić information content (AvgIpc) is 3.39. The van der Waals surface area contributed by atoms with E-state index in [0.717, 1.165) is 46.5 Å². The maximum Gasteiger partial charge on any atom is 0.408 e. The highest BCUT2D eigenvalue weighted by Gasteiger charge is 2.40. The molecule has 1 heterocycles. The summed E-state index contributed by atoms with van der Waals surface area (Å²) in [5.41, 5.74) is 7.71. The van der Waals surface area contributed by atoms with Gasteiger partial charge in [0.05, 0.1) is 11.0 Å². The molecule has 250 valence electrons. The number of aryl methyl sites for hydroxylation is 4. The lowest BCUT2D eigenvalue weighted by Gasteiger charge is -2.35. The molecular weight excluding hydrogens is 600 g/mol. The van der Waals surface area contributed by atoms with Crippen molar-refractivity contribution in [2.24, 2.45) is 0 Å². The molecule has 5 rings (SSSR count). The lowest BCUT2D eigenvalue weighted by atomic mass is 9.80. The van der Waals surface area contributed by atoms with Crippen LogP contribution in [-0.2, 0) is 32.9 Å². The van der Waals surface area contributed by atoms with Crippen molar-refractivity contribution < 1.29 is 19.2 Å². The van der Waals surface area contributed by atoms with Gasteiger partial charge in [-0.2, -0.15) is 0 Å². The molecule has 1 unspecified atom stereocenters. The molecule has 1 atom stereocenters. The molecule has 8 heteroatoms. The van der Waals surface area contributed by atoms with E-state index in [4.69, 9.17) is 14.6 Å². The number of hydrogen-bond acceptors (Lipinski definition) is 5. The van der Waals surface area contributed by atoms with Gasteiger partial charge in [-0.25, -0.2) is 15.3 Å². The van der Waals surface area contributed by atoms with E-state index in [1.807, 2.05) is 91.0 Å². The van der Waals surface area contributed by atoms with Gasteiger partial charge < -0.3 is 14.6 Å². The van der Waals surface area contributed by atoms with Gasteiger partial charge in [-0.1, -0.05) is 97.9 Å². The van der Waals surface area contributed by atoms with Gasteiger partial charge in [0, 0.05) is 13.0 Å². The summed E-state index contributed by atoms with van der Waals surface area (Å²) < 4.78 is 7.78. The number of amides is 2. The summed E-state index contributed by atoms with van der Waals surface area (Å²) in [5, 5.41) is 2.81. The topological polar surface area (TPSA) is 94.5 Å². The molecule has 5 aromatic rings. The van der Waals surface area contributed by atoms with E-state index in [1.54, 1.807) is 20.8 Å². The van der Waals surface area contributed by atoms with Crippen LogP contribution in [0, 0.1) is 13.8 Å². The Kier molecular flexibility index (Phi) is 10.6. The van der Waals surface area contributed by atoms with Gasteiger partial charge in [0.25, 0.3) is 5.91 Å². The van der Waals surface area contributed by atoms with Crippen LogP contribution in [0.5, 0.6) is 0 Å². The molecule has 2 amide bonds. The van der Waals surface area contributed by atoms with E-state index in [2.05, 4.69) is 48.3 Å². The van der Waals surface area contributed by atoms with E-state index in [9.17, 15) is 9.59 Å². The number of alkyl carbamates (subject to hydrolysis) is 1. The monoisotopic (exact) mass is 646 g/mol. The second-order valence-corrected chi connectivity index (χ2v) is 13.2. The zero-order valence-corrected chi connectivity index (χ0v) is 28.7. The second kappa shape index (κ2) is 14.9. The van der Waals surface area contributed by atoms with Crippen LogP contribution in [0.25, 0.3) is 11.0 Å². The van der Waals surface area contributed by atoms with E-state index in [0.29, 0.717) is 6.42 Å². The average molecular weight is 647 g/mol. The molecule has 0 aliphatic heterocycles. The predicted octanol–water partition coefficient (Wildman–Crippen LogP) is 7.93. The van der Waals surface area contributed by atoms with Gasteiger partial charge in [0.15, 0.2) is 5.60 Å². The molecular formula is C40H46N4O4. The summed E-state index contributed by atoms with van der Waals surface area (Å²) in [6.07, 6.45) is 0.965. The van der Waals surface area contributed by atoms with Crippen LogP contribution in [-0.4, -0.2) is 33.2 Å². The van der Waals surface area contributed by atoms with E-state index < -0.39 is 29.2 Å². The molecule has 0 radical (unpaired) electrons. The van der Waals surface area contributed by atoms with Crippen LogP contribution in [0.1, 0.15) is 74.2 Å². The van der Waals surface area contributed by atoms with E-state index in [1.165, 1.54) is 11.1 Å². The highest BCUT2D eigenvalue weighted by Crippen LogP contribution is 2.39. The van der Waals surface area contributed by atoms with Crippen LogP contribution in [0.3, 0.4) is 0 Å². The van der Waals surface area contributed by atoms with Gasteiger partial charge in [-0.05, 0) is 87.4 Å². The van der Waals surface area contributed by atoms with Crippen molar-refractivity contribution in [2.45, 2.75) is 84.6 Å². The highest BCUT2D eigenvalue weighted by molar-refractivity contribution is 5.85. The number of rotatable bonds is 12. The van der Waals surface area contributed by atoms with Crippen LogP contribution in [0.2, 0.25) is 0 Å². The summed E-state index contributed by atoms with van der Waals surface area (Å²) in [6, 6.07) is 32.7. The molecule has 2 N–H and O–H groups in total. The summed E-state index contributed by atoms with van der Waals surface area (Å²) >= 11 is 0. The number of carbonyl (C=O) groups is 2. The maximum absolute atomic E-state index is 14.1. The Balaban J connectivity index is 1.48. The number of hydrogen-bond donors (Lipinski definition) is 2. The Bertz CT molecular complexity index is 1730. The summed E-state index contributed by atoms with van der Waals surface area (Å²) in [4.78, 5) is 38.8. The first-order valence-corrected chi connectivity index (χ1v) is 16.6. The molecule has 0 aliphatic carbocycles. The Hall–Kier alpha value is -4.95. The van der Waals surface area contributed by atoms with Gasteiger partial charge >= 0.3 is 6.09 Å². The SMILES string of the molecule is CCCn1c(CCC(NC(=O)OC(C)(C)C)C(=O)NOC(c2ccccc2)(c2ccccc2)c2ccccc2)nc2cc(C)c(C)cc21. The van der Waals surface area contributed by atoms with Crippen LogP contribution < -0.4 is 10.8 Å². The Morgan fingerprint density at radius 3 is 1.83 bits per heavy atom. The largest absolute Gasteiger partial charge is 0.444 e. The lowest BCUT2D eigenvalue weighted by molar-refractivity contribution is -0.145. The fourth-order valence-corrected chi connectivity index (χ4v) is 5.98. The smallest absolute Gasteiger partial charge is 0.408 e. The molecule has 0 saturated heterocycles. The third-order valence-corrected chi connectivity index (χ3v) is 8.40. The Labute approximate surface area is 283 Å². The summed E-state index contributed by atoms with van der Waals surface area (Å²) in [7, 11) is 0. The molecule has 4 aromatic carbocycles. The molecule has 1 aromatic heterocycles. The third-order valence-electron chi connectivity index (χ3n) is 8.40. The van der Waals surface area contributed by atoms with Gasteiger partial charge in [0.1, 0.15) is 17.5 Å². The Morgan fingerprint density at radius 2 is 1.33 bits per heavy atom. The summed E-state index contributed by atoms with van der Waals surface area (Å²) in [5.74, 6) is 0.353. The van der Waals surface area contributed by atoms with Crippen LogP contribution >= 0.6 is 0 Å². The van der Waals surface area contributed by atoms with Crippen LogP contribution in [0.15, 0.2) is 103 Å². The molecule has 0 saturated carbocycles. The van der Waals surface area contributed by atoms with Crippen molar-refractivity contribution in [1.82, 2.24) is 20.3 Å². The number of nitrogens with zero attached hydrogens (tertiary/aromatic N) is 2. The van der Waals surface area contributed by atoms with E-state index in [-0.39, 0.29) is 6.42 Å². The first-order chi connectivity index (χ1) is 23.0. The molecule has 0 bridgehead atoms. The Morgan fingerprint density at radius 1 is 0.812 bits per heavy atom. The number of fused-ring (bicyclic) bond motifs is 1. The second-order valence-electron chi connectivity index (χ2n) is 13.2. The standard InChI is InChI=1S/C40H46N4O4/c1-7-25-44-35-27-29(3)28(2)26-34(35)41-36(44)24-23-33(42-38(46)47-39(4,5)6)37(45)43-48-40(30-17-11-8-12-18-30,31-19-13-9-14-20-31)32-21-15-10-16-22-32/h8-22,26-27,33H,7,23-25H2,1-6H3,(H,42,46)(H,43,45). The van der Waals surface area contributed by atoms with Gasteiger partial charge in [-0.3, -0.25) is 9.63 Å². The van der Waals surface area contributed by atoms with Gasteiger partial charge in [0.2, 0.25) is 0 Å². The first-order valence-electron chi connectivity index (χ1n) is 16.6. The van der Waals surface area contributed by atoms with Crippen molar-refractivity contribution in [3.05, 3.63) is 137 Å². The quantitative estimate of drug-likeness (QED) is 0.106. The third kappa shape index (κ3) is 7.77. The fourth-order valence-electron chi connectivity index (χ4n) is 5.98. The number of imidazole rings is 1. The van der Waals surface area contributed by atoms with Crippen molar-refractivity contribution in [2.75, 3.05) is 0 Å². The fraction of sp³-hybridized carbons (Fsp3) is 0.325. The van der Waals surface area contributed by atoms with Crippen LogP contribution in [0.4, 0.5) is 4.79 Å². The molecule has 8 nitrogen and oxygen atoms in total. The van der Waals surface area contributed by atoms with Crippen molar-refractivity contribution in [3.63, 3.8) is 0 Å². The predicted molar refractivity (Wildman–Crippen MR) is 189 cm³/mol. The number of carbonyl (C=O) groups excluding carboxylic acids is 2. The minimum absolute atomic E-state index is 0.272. The molecule has 0 fully saturated rings. The zero-order chi connectivity index (χ0) is 34.3. The normalized spacial score (nSPS) is 12.5. The minimum atomic E-state index is -1.18. The molecule has 0 spiro atoms. The van der Waals surface area contributed by atoms with Gasteiger partial charge in [-0.15, -0.1) is 0 Å². The molecule has 48 heavy (non-hydrogen) atoms. The minimum Gasteiger partial charge on any atom is -0.444 e. The number of benzene rings is 4. The summed E-state index contributed by atoms with van der Waals surface area (Å²) in [6.45, 7) is 12.5. The van der Waals surface area contributed by atoms with Crippen molar-refractivity contribution in [1.29, 1.82) is 0 Å². The molecule has 0 aliphatic rings. The lowest BCUT2D eigenvalue weighted by Crippen LogP contribution is -2.50. The number of hydroxylamine groups is 1. The first kappa shape index (κ1) is 34.4. The number of ether oxygens (including phenoxy) is 1. The number of aromatic nitrogens is 2. The highest BCUT2D eigenvalue weighted by atomic mass is 16.7. The van der Waals surface area contributed by atoms with Crippen molar-refractivity contribution >= 4 is 23.0 Å². The number of nitrogens with one attached hydrogen (secondary N) is 2.